The molecule has 0 unspecified atom stereocenters. The topological polar surface area (TPSA) is 83.5 Å². The van der Waals surface area contributed by atoms with Gasteiger partial charge in [0.25, 0.3) is 11.8 Å². The zero-order valence-corrected chi connectivity index (χ0v) is 16.0. The molecule has 0 bridgehead atoms. The van der Waals surface area contributed by atoms with Crippen molar-refractivity contribution < 1.29 is 18.0 Å². The third-order valence-electron chi connectivity index (χ3n) is 4.43. The molecule has 2 aromatic carbocycles. The van der Waals surface area contributed by atoms with Gasteiger partial charge in [0.2, 0.25) is 0 Å². The summed E-state index contributed by atoms with van der Waals surface area (Å²) in [6.07, 6.45) is 3.26. The number of sulfone groups is 1. The van der Waals surface area contributed by atoms with Crippen LogP contribution in [-0.4, -0.2) is 44.5 Å². The zero-order chi connectivity index (χ0) is 19.4. The van der Waals surface area contributed by atoms with E-state index in [9.17, 15) is 18.0 Å². The van der Waals surface area contributed by atoms with E-state index in [1.807, 2.05) is 4.90 Å². The molecule has 6 nitrogen and oxygen atoms in total. The first-order valence-corrected chi connectivity index (χ1v) is 10.9. The number of anilines is 1. The van der Waals surface area contributed by atoms with Gasteiger partial charge in [0.15, 0.2) is 9.84 Å². The van der Waals surface area contributed by atoms with Crippen LogP contribution in [0.5, 0.6) is 0 Å². The summed E-state index contributed by atoms with van der Waals surface area (Å²) >= 11 is 0. The molecule has 1 N–H and O–H groups in total. The Hall–Kier alpha value is -2.67. The maximum Gasteiger partial charge on any atom is 0.255 e. The molecule has 0 aliphatic carbocycles. The molecule has 1 aliphatic heterocycles. The molecule has 2 amide bonds. The Morgan fingerprint density at radius 2 is 1.48 bits per heavy atom. The number of hydrogen-bond donors (Lipinski definition) is 1. The van der Waals surface area contributed by atoms with Crippen molar-refractivity contribution in [3.05, 3.63) is 65.2 Å². The van der Waals surface area contributed by atoms with Gasteiger partial charge in [0.1, 0.15) is 0 Å². The molecule has 2 aromatic rings. The number of carbonyl (C=O) groups is 2. The number of likely N-dealkylation sites (tertiary alicyclic amines) is 1. The summed E-state index contributed by atoms with van der Waals surface area (Å²) < 4.78 is 22.6. The average molecular weight is 386 g/mol. The molecule has 0 radical (unpaired) electrons. The van der Waals surface area contributed by atoms with Crippen LogP contribution in [0.1, 0.15) is 39.1 Å². The molecule has 0 atom stereocenters. The van der Waals surface area contributed by atoms with Crippen LogP contribution in [0.15, 0.2) is 48.5 Å². The first kappa shape index (κ1) is 19.1. The third kappa shape index (κ3) is 5.17. The normalized spacial score (nSPS) is 14.2. The van der Waals surface area contributed by atoms with Crippen LogP contribution in [0, 0.1) is 0 Å². The van der Waals surface area contributed by atoms with Gasteiger partial charge in [-0.05, 0) is 54.8 Å². The van der Waals surface area contributed by atoms with Gasteiger partial charge in [-0.25, -0.2) is 8.42 Å². The SMILES string of the molecule is CS(=O)(=O)Cc1ccc(C(=O)Nc2ccc(C(=O)N3CCCC3)cc2)cc1. The maximum atomic E-state index is 12.3. The van der Waals surface area contributed by atoms with E-state index in [2.05, 4.69) is 5.32 Å². The molecule has 0 saturated carbocycles. The first-order chi connectivity index (χ1) is 12.8. The Kier molecular flexibility index (Phi) is 5.60. The molecule has 142 valence electrons. The first-order valence-electron chi connectivity index (χ1n) is 8.79. The number of benzene rings is 2. The van der Waals surface area contributed by atoms with Crippen LogP contribution >= 0.6 is 0 Å². The van der Waals surface area contributed by atoms with E-state index < -0.39 is 9.84 Å². The fourth-order valence-electron chi connectivity index (χ4n) is 3.06. The van der Waals surface area contributed by atoms with Crippen molar-refractivity contribution in [2.45, 2.75) is 18.6 Å². The quantitative estimate of drug-likeness (QED) is 0.856. The highest BCUT2D eigenvalue weighted by Crippen LogP contribution is 2.16. The van der Waals surface area contributed by atoms with E-state index in [4.69, 9.17) is 0 Å². The Morgan fingerprint density at radius 1 is 0.926 bits per heavy atom. The second-order valence-electron chi connectivity index (χ2n) is 6.80. The van der Waals surface area contributed by atoms with E-state index in [0.29, 0.717) is 22.4 Å². The van der Waals surface area contributed by atoms with Gasteiger partial charge < -0.3 is 10.2 Å². The fourth-order valence-corrected chi connectivity index (χ4v) is 3.86. The van der Waals surface area contributed by atoms with Crippen LogP contribution in [0.3, 0.4) is 0 Å². The predicted molar refractivity (Wildman–Crippen MR) is 105 cm³/mol. The van der Waals surface area contributed by atoms with Crippen molar-refractivity contribution in [1.29, 1.82) is 0 Å². The molecular weight excluding hydrogens is 364 g/mol. The van der Waals surface area contributed by atoms with Crippen molar-refractivity contribution >= 4 is 27.3 Å². The minimum absolute atomic E-state index is 0.0202. The smallest absolute Gasteiger partial charge is 0.255 e. The lowest BCUT2D eigenvalue weighted by Crippen LogP contribution is -2.27. The molecule has 1 heterocycles. The van der Waals surface area contributed by atoms with Crippen molar-refractivity contribution in [2.24, 2.45) is 0 Å². The lowest BCUT2D eigenvalue weighted by molar-refractivity contribution is 0.0792. The highest BCUT2D eigenvalue weighted by Gasteiger charge is 2.19. The molecule has 1 aliphatic rings. The maximum absolute atomic E-state index is 12.3. The molecule has 7 heteroatoms. The van der Waals surface area contributed by atoms with Gasteiger partial charge in [-0.3, -0.25) is 9.59 Å². The molecule has 1 saturated heterocycles. The molecule has 3 rings (SSSR count). The summed E-state index contributed by atoms with van der Waals surface area (Å²) in [6.45, 7) is 1.60. The molecular formula is C20H22N2O4S. The van der Waals surface area contributed by atoms with Gasteiger partial charge in [0, 0.05) is 36.2 Å². The van der Waals surface area contributed by atoms with E-state index in [1.165, 1.54) is 6.26 Å². The summed E-state index contributed by atoms with van der Waals surface area (Å²) in [5.74, 6) is -0.326. The van der Waals surface area contributed by atoms with Gasteiger partial charge in [0.05, 0.1) is 5.75 Å². The van der Waals surface area contributed by atoms with E-state index in [1.54, 1.807) is 48.5 Å². The van der Waals surface area contributed by atoms with Gasteiger partial charge in [-0.2, -0.15) is 0 Å². The standard InChI is InChI=1S/C20H22N2O4S/c1-27(25,26)14-15-4-6-16(7-5-15)19(23)21-18-10-8-17(9-11-18)20(24)22-12-2-3-13-22/h4-11H,2-3,12-14H2,1H3,(H,21,23). The number of rotatable bonds is 5. The van der Waals surface area contributed by atoms with Crippen LogP contribution in [0.25, 0.3) is 0 Å². The Balaban J connectivity index is 1.63. The van der Waals surface area contributed by atoms with E-state index >= 15 is 0 Å². The second-order valence-corrected chi connectivity index (χ2v) is 8.94. The number of carbonyl (C=O) groups excluding carboxylic acids is 2. The minimum atomic E-state index is -3.11. The van der Waals surface area contributed by atoms with Gasteiger partial charge >= 0.3 is 0 Å². The van der Waals surface area contributed by atoms with Crippen LogP contribution < -0.4 is 5.32 Å². The van der Waals surface area contributed by atoms with Crippen molar-refractivity contribution in [1.82, 2.24) is 4.90 Å². The van der Waals surface area contributed by atoms with Crippen LogP contribution in [-0.2, 0) is 15.6 Å². The Bertz CT molecular complexity index is 929. The molecule has 0 spiro atoms. The van der Waals surface area contributed by atoms with Crippen LogP contribution in [0.2, 0.25) is 0 Å². The highest BCUT2D eigenvalue weighted by atomic mass is 32.2. The van der Waals surface area contributed by atoms with E-state index in [-0.39, 0.29) is 17.6 Å². The predicted octanol–water partition coefficient (Wildman–Crippen LogP) is 2.72. The summed E-state index contributed by atoms with van der Waals surface area (Å²) in [5.41, 5.74) is 2.28. The van der Waals surface area contributed by atoms with Crippen molar-refractivity contribution in [3.63, 3.8) is 0 Å². The largest absolute Gasteiger partial charge is 0.339 e. The second kappa shape index (κ2) is 7.92. The number of nitrogens with one attached hydrogen (secondary N) is 1. The fraction of sp³-hybridized carbons (Fsp3) is 0.300. The van der Waals surface area contributed by atoms with E-state index in [0.717, 1.165) is 25.9 Å². The number of amides is 2. The minimum Gasteiger partial charge on any atom is -0.339 e. The summed E-state index contributed by atoms with van der Waals surface area (Å²) in [5, 5.41) is 2.78. The number of hydrogen-bond acceptors (Lipinski definition) is 4. The monoisotopic (exact) mass is 386 g/mol. The van der Waals surface area contributed by atoms with Crippen molar-refractivity contribution in [3.8, 4) is 0 Å². The third-order valence-corrected chi connectivity index (χ3v) is 5.29. The lowest BCUT2D eigenvalue weighted by Gasteiger charge is -2.15. The Morgan fingerprint density at radius 3 is 2.04 bits per heavy atom. The molecule has 0 aromatic heterocycles. The summed E-state index contributed by atoms with van der Waals surface area (Å²) in [7, 11) is -3.11. The zero-order valence-electron chi connectivity index (χ0n) is 15.1. The average Bonchev–Trinajstić information content (AvgIpc) is 3.15. The summed E-state index contributed by atoms with van der Waals surface area (Å²) in [4.78, 5) is 26.5. The molecule has 1 fully saturated rings. The lowest BCUT2D eigenvalue weighted by atomic mass is 10.1. The van der Waals surface area contributed by atoms with Gasteiger partial charge in [-0.1, -0.05) is 12.1 Å². The highest BCUT2D eigenvalue weighted by molar-refractivity contribution is 7.89. The molecule has 27 heavy (non-hydrogen) atoms. The number of nitrogens with zero attached hydrogens (tertiary/aromatic N) is 1. The van der Waals surface area contributed by atoms with Crippen molar-refractivity contribution in [2.75, 3.05) is 24.7 Å². The summed E-state index contributed by atoms with van der Waals surface area (Å²) in [6, 6.07) is 13.3. The Labute approximate surface area is 159 Å². The van der Waals surface area contributed by atoms with Gasteiger partial charge in [-0.15, -0.1) is 0 Å². The van der Waals surface area contributed by atoms with Crippen LogP contribution in [0.4, 0.5) is 5.69 Å².